The van der Waals surface area contributed by atoms with E-state index in [1.807, 2.05) is 37.4 Å². The summed E-state index contributed by atoms with van der Waals surface area (Å²) in [5.41, 5.74) is 0.818. The Bertz CT molecular complexity index is 870. The Balaban J connectivity index is 1.90. The molecular formula is C17H19N3O4S. The van der Waals surface area contributed by atoms with E-state index in [9.17, 15) is 18.5 Å². The normalized spacial score (nSPS) is 19.6. The Kier molecular flexibility index (Phi) is 4.85. The van der Waals surface area contributed by atoms with E-state index in [1.54, 1.807) is 0 Å². The predicted octanol–water partition coefficient (Wildman–Crippen LogP) is 2.27. The van der Waals surface area contributed by atoms with Gasteiger partial charge in [-0.15, -0.1) is 0 Å². The fourth-order valence-electron chi connectivity index (χ4n) is 3.01. The highest BCUT2D eigenvalue weighted by atomic mass is 32.2. The summed E-state index contributed by atoms with van der Waals surface area (Å²) in [5.74, 6) is 0. The molecule has 7 nitrogen and oxygen atoms in total. The average Bonchev–Trinajstić information content (AvgIpc) is 2.62. The summed E-state index contributed by atoms with van der Waals surface area (Å²) < 4.78 is 27.3. The van der Waals surface area contributed by atoms with Crippen LogP contribution in [0.3, 0.4) is 0 Å². The smallest absolute Gasteiger partial charge is 0.270 e. The van der Waals surface area contributed by atoms with Crippen LogP contribution in [0.5, 0.6) is 0 Å². The number of piperazine rings is 1. The molecule has 0 radical (unpaired) electrons. The van der Waals surface area contributed by atoms with Gasteiger partial charge in [-0.1, -0.05) is 36.4 Å². The van der Waals surface area contributed by atoms with Crippen molar-refractivity contribution in [3.8, 4) is 0 Å². The quantitative estimate of drug-likeness (QED) is 0.616. The zero-order valence-corrected chi connectivity index (χ0v) is 14.6. The van der Waals surface area contributed by atoms with E-state index in [0.717, 1.165) is 11.6 Å². The fraction of sp³-hybridized carbons (Fsp3) is 0.294. The van der Waals surface area contributed by atoms with E-state index >= 15 is 0 Å². The monoisotopic (exact) mass is 361 g/mol. The summed E-state index contributed by atoms with van der Waals surface area (Å²) in [5, 5.41) is 10.9. The zero-order chi connectivity index (χ0) is 18.0. The van der Waals surface area contributed by atoms with Crippen molar-refractivity contribution in [2.75, 3.05) is 26.7 Å². The van der Waals surface area contributed by atoms with Crippen LogP contribution in [0, 0.1) is 10.1 Å². The largest absolute Gasteiger partial charge is 0.297 e. The van der Waals surface area contributed by atoms with E-state index in [2.05, 4.69) is 4.90 Å². The average molecular weight is 361 g/mol. The van der Waals surface area contributed by atoms with Gasteiger partial charge in [-0.25, -0.2) is 8.42 Å². The van der Waals surface area contributed by atoms with Gasteiger partial charge in [0.05, 0.1) is 9.82 Å². The summed E-state index contributed by atoms with van der Waals surface area (Å²) >= 11 is 0. The molecule has 0 N–H and O–H groups in total. The molecule has 0 amide bonds. The standard InChI is InChI=1S/C17H19N3O4S/c1-18-10-11-19(13-17(18)14-6-3-2-4-7-14)25(23,24)16-9-5-8-15(12-16)20(21)22/h2-9,12,17H,10-11,13H2,1H3. The second kappa shape index (κ2) is 6.91. The number of hydrogen-bond donors (Lipinski definition) is 0. The molecule has 25 heavy (non-hydrogen) atoms. The van der Waals surface area contributed by atoms with Crippen molar-refractivity contribution in [3.05, 3.63) is 70.3 Å². The topological polar surface area (TPSA) is 83.8 Å². The van der Waals surface area contributed by atoms with Gasteiger partial charge in [0, 0.05) is 37.8 Å². The first-order valence-corrected chi connectivity index (χ1v) is 9.33. The van der Waals surface area contributed by atoms with Crippen LogP contribution >= 0.6 is 0 Å². The summed E-state index contributed by atoms with van der Waals surface area (Å²) in [6, 6.07) is 14.9. The third-order valence-electron chi connectivity index (χ3n) is 4.46. The van der Waals surface area contributed by atoms with Crippen molar-refractivity contribution in [2.45, 2.75) is 10.9 Å². The first-order chi connectivity index (χ1) is 11.9. The molecule has 3 rings (SSSR count). The van der Waals surface area contributed by atoms with Crippen LogP contribution in [0.1, 0.15) is 11.6 Å². The first kappa shape index (κ1) is 17.5. The number of benzene rings is 2. The van der Waals surface area contributed by atoms with Gasteiger partial charge in [0.2, 0.25) is 10.0 Å². The number of nitro groups is 1. The molecule has 0 bridgehead atoms. The molecule has 2 aromatic rings. The van der Waals surface area contributed by atoms with Crippen LogP contribution in [0.4, 0.5) is 5.69 Å². The molecule has 1 atom stereocenters. The van der Waals surface area contributed by atoms with Crippen LogP contribution in [0.15, 0.2) is 59.5 Å². The van der Waals surface area contributed by atoms with Crippen molar-refractivity contribution in [1.29, 1.82) is 0 Å². The number of rotatable bonds is 4. The lowest BCUT2D eigenvalue weighted by molar-refractivity contribution is -0.385. The lowest BCUT2D eigenvalue weighted by Gasteiger charge is -2.39. The third kappa shape index (κ3) is 3.55. The minimum absolute atomic E-state index is 0.0435. The Morgan fingerprint density at radius 1 is 1.08 bits per heavy atom. The highest BCUT2D eigenvalue weighted by Crippen LogP contribution is 2.28. The van der Waals surface area contributed by atoms with E-state index in [1.165, 1.54) is 22.5 Å². The highest BCUT2D eigenvalue weighted by Gasteiger charge is 2.33. The minimum Gasteiger partial charge on any atom is -0.297 e. The molecular weight excluding hydrogens is 342 g/mol. The van der Waals surface area contributed by atoms with Gasteiger partial charge in [-0.05, 0) is 18.7 Å². The molecule has 0 spiro atoms. The Morgan fingerprint density at radius 3 is 2.48 bits per heavy atom. The van der Waals surface area contributed by atoms with Crippen molar-refractivity contribution in [2.24, 2.45) is 0 Å². The summed E-state index contributed by atoms with van der Waals surface area (Å²) in [7, 11) is -1.81. The molecule has 0 aliphatic carbocycles. The molecule has 0 saturated carbocycles. The van der Waals surface area contributed by atoms with Crippen LogP contribution in [-0.4, -0.2) is 49.2 Å². The Morgan fingerprint density at radius 2 is 1.80 bits per heavy atom. The van der Waals surface area contributed by atoms with Crippen molar-refractivity contribution < 1.29 is 13.3 Å². The van der Waals surface area contributed by atoms with Crippen molar-refractivity contribution >= 4 is 15.7 Å². The van der Waals surface area contributed by atoms with Crippen LogP contribution in [0.25, 0.3) is 0 Å². The summed E-state index contributed by atoms with van der Waals surface area (Å²) in [4.78, 5) is 12.4. The van der Waals surface area contributed by atoms with Gasteiger partial charge < -0.3 is 0 Å². The number of nitro benzene ring substituents is 1. The van der Waals surface area contributed by atoms with E-state index in [4.69, 9.17) is 0 Å². The Hall–Kier alpha value is -2.29. The lowest BCUT2D eigenvalue weighted by Crippen LogP contribution is -2.48. The number of likely N-dealkylation sites (N-methyl/N-ethyl adjacent to an activating group) is 1. The SMILES string of the molecule is CN1CCN(S(=O)(=O)c2cccc([N+](=O)[O-])c2)CC1c1ccccc1. The molecule has 0 aromatic heterocycles. The molecule has 1 unspecified atom stereocenters. The molecule has 1 aliphatic rings. The van der Waals surface area contributed by atoms with Gasteiger partial charge in [0.25, 0.3) is 5.69 Å². The maximum atomic E-state index is 12.9. The van der Waals surface area contributed by atoms with E-state index < -0.39 is 14.9 Å². The fourth-order valence-corrected chi connectivity index (χ4v) is 4.49. The lowest BCUT2D eigenvalue weighted by atomic mass is 10.0. The molecule has 8 heteroatoms. The highest BCUT2D eigenvalue weighted by molar-refractivity contribution is 7.89. The molecule has 2 aromatic carbocycles. The van der Waals surface area contributed by atoms with Gasteiger partial charge >= 0.3 is 0 Å². The maximum absolute atomic E-state index is 12.9. The second-order valence-electron chi connectivity index (χ2n) is 6.02. The van der Waals surface area contributed by atoms with E-state index in [0.29, 0.717) is 19.6 Å². The van der Waals surface area contributed by atoms with Crippen LogP contribution in [0.2, 0.25) is 0 Å². The van der Waals surface area contributed by atoms with Gasteiger partial charge in [-0.2, -0.15) is 4.31 Å². The second-order valence-corrected chi connectivity index (χ2v) is 7.96. The summed E-state index contributed by atoms with van der Waals surface area (Å²) in [6.07, 6.45) is 0. The minimum atomic E-state index is -3.78. The number of sulfonamides is 1. The molecule has 1 aliphatic heterocycles. The number of hydrogen-bond acceptors (Lipinski definition) is 5. The number of non-ortho nitro benzene ring substituents is 1. The molecule has 1 fully saturated rings. The number of nitrogens with zero attached hydrogens (tertiary/aromatic N) is 3. The van der Waals surface area contributed by atoms with Crippen LogP contribution < -0.4 is 0 Å². The van der Waals surface area contributed by atoms with Gasteiger partial charge in [-0.3, -0.25) is 15.0 Å². The first-order valence-electron chi connectivity index (χ1n) is 7.89. The van der Waals surface area contributed by atoms with Gasteiger partial charge in [0.15, 0.2) is 0 Å². The zero-order valence-electron chi connectivity index (χ0n) is 13.8. The molecule has 1 saturated heterocycles. The van der Waals surface area contributed by atoms with E-state index in [-0.39, 0.29) is 16.6 Å². The summed E-state index contributed by atoms with van der Waals surface area (Å²) in [6.45, 7) is 1.25. The maximum Gasteiger partial charge on any atom is 0.270 e. The van der Waals surface area contributed by atoms with Gasteiger partial charge in [0.1, 0.15) is 0 Å². The molecule has 132 valence electrons. The van der Waals surface area contributed by atoms with Crippen LogP contribution in [-0.2, 0) is 10.0 Å². The predicted molar refractivity (Wildman–Crippen MR) is 93.7 cm³/mol. The van der Waals surface area contributed by atoms with Crippen molar-refractivity contribution in [1.82, 2.24) is 9.21 Å². The van der Waals surface area contributed by atoms with Crippen molar-refractivity contribution in [3.63, 3.8) is 0 Å². The third-order valence-corrected chi connectivity index (χ3v) is 6.32. The Labute approximate surface area is 146 Å². The molecule has 1 heterocycles.